The van der Waals surface area contributed by atoms with Crippen LogP contribution in [0.5, 0.6) is 0 Å². The van der Waals surface area contributed by atoms with Crippen molar-refractivity contribution >= 4 is 5.91 Å². The molecule has 0 bridgehead atoms. The molecular weight excluding hydrogens is 224 g/mol. The minimum Gasteiger partial charge on any atom is -0.340 e. The van der Waals surface area contributed by atoms with E-state index in [1.165, 1.54) is 5.56 Å². The van der Waals surface area contributed by atoms with Crippen LogP contribution < -0.4 is 5.73 Å². The van der Waals surface area contributed by atoms with Crippen molar-refractivity contribution in [3.63, 3.8) is 0 Å². The maximum Gasteiger partial charge on any atom is 0.225 e. The zero-order valence-electron chi connectivity index (χ0n) is 11.2. The highest BCUT2D eigenvalue weighted by Gasteiger charge is 2.34. The average molecular weight is 246 g/mol. The Kier molecular flexibility index (Phi) is 4.02. The van der Waals surface area contributed by atoms with Crippen molar-refractivity contribution in [2.75, 3.05) is 13.1 Å². The Morgan fingerprint density at radius 1 is 1.39 bits per heavy atom. The predicted octanol–water partition coefficient (Wildman–Crippen LogP) is 1.99. The fourth-order valence-corrected chi connectivity index (χ4v) is 2.55. The summed E-state index contributed by atoms with van der Waals surface area (Å²) in [6, 6.07) is 10.3. The Labute approximate surface area is 109 Å². The second-order valence-corrected chi connectivity index (χ2v) is 5.23. The lowest BCUT2D eigenvalue weighted by molar-refractivity contribution is -0.134. The minimum absolute atomic E-state index is 0.0559. The molecule has 0 aromatic heterocycles. The molecule has 1 saturated heterocycles. The Morgan fingerprint density at radius 3 is 2.67 bits per heavy atom. The van der Waals surface area contributed by atoms with Gasteiger partial charge in [-0.15, -0.1) is 0 Å². The molecule has 1 heterocycles. The molecule has 3 atom stereocenters. The van der Waals surface area contributed by atoms with Crippen molar-refractivity contribution in [3.8, 4) is 0 Å². The molecular formula is C15H22N2O. The minimum atomic E-state index is 0.0559. The number of carbonyl (C=O) groups excluding carboxylic acids is 1. The lowest BCUT2D eigenvalue weighted by Crippen LogP contribution is -2.35. The van der Waals surface area contributed by atoms with E-state index in [4.69, 9.17) is 5.73 Å². The van der Waals surface area contributed by atoms with E-state index in [-0.39, 0.29) is 23.8 Å². The van der Waals surface area contributed by atoms with Gasteiger partial charge < -0.3 is 10.6 Å². The molecule has 1 fully saturated rings. The Bertz CT molecular complexity index is 404. The lowest BCUT2D eigenvalue weighted by Gasteiger charge is -2.20. The first kappa shape index (κ1) is 13.1. The Hall–Kier alpha value is -1.35. The third kappa shape index (κ3) is 2.56. The zero-order chi connectivity index (χ0) is 13.1. The molecule has 2 rings (SSSR count). The molecule has 2 N–H and O–H groups in total. The van der Waals surface area contributed by atoms with Crippen LogP contribution in [0, 0.1) is 5.92 Å². The summed E-state index contributed by atoms with van der Waals surface area (Å²) in [6.07, 6.45) is 0.889. The monoisotopic (exact) mass is 246 g/mol. The summed E-state index contributed by atoms with van der Waals surface area (Å²) in [6.45, 7) is 5.48. The second-order valence-electron chi connectivity index (χ2n) is 5.23. The summed E-state index contributed by atoms with van der Waals surface area (Å²) in [7, 11) is 0. The molecule has 98 valence electrons. The van der Waals surface area contributed by atoms with E-state index in [0.717, 1.165) is 13.0 Å². The Balaban J connectivity index is 2.08. The lowest BCUT2D eigenvalue weighted by atomic mass is 9.95. The van der Waals surface area contributed by atoms with Crippen LogP contribution in [0.1, 0.15) is 31.7 Å². The van der Waals surface area contributed by atoms with Gasteiger partial charge >= 0.3 is 0 Å². The fraction of sp³-hybridized carbons (Fsp3) is 0.533. The number of hydrogen-bond donors (Lipinski definition) is 1. The Morgan fingerprint density at radius 2 is 2.06 bits per heavy atom. The molecule has 1 aromatic carbocycles. The van der Waals surface area contributed by atoms with Gasteiger partial charge in [-0.1, -0.05) is 44.2 Å². The molecule has 1 aliphatic heterocycles. The van der Waals surface area contributed by atoms with E-state index in [1.807, 2.05) is 36.9 Å². The van der Waals surface area contributed by atoms with Crippen LogP contribution in [0.3, 0.4) is 0 Å². The van der Waals surface area contributed by atoms with E-state index < -0.39 is 0 Å². The van der Waals surface area contributed by atoms with Gasteiger partial charge in [-0.05, 0) is 12.0 Å². The van der Waals surface area contributed by atoms with Crippen LogP contribution in [-0.4, -0.2) is 29.9 Å². The highest BCUT2D eigenvalue weighted by Crippen LogP contribution is 2.27. The molecule has 1 aromatic rings. The second kappa shape index (κ2) is 5.53. The molecule has 0 radical (unpaired) electrons. The smallest absolute Gasteiger partial charge is 0.225 e. The summed E-state index contributed by atoms with van der Waals surface area (Å²) in [4.78, 5) is 14.1. The van der Waals surface area contributed by atoms with Gasteiger partial charge in [-0.2, -0.15) is 0 Å². The van der Waals surface area contributed by atoms with Crippen molar-refractivity contribution in [1.82, 2.24) is 4.90 Å². The molecule has 3 heteroatoms. The number of nitrogens with zero attached hydrogens (tertiary/aromatic N) is 1. The molecule has 1 amide bonds. The van der Waals surface area contributed by atoms with Gasteiger partial charge in [0, 0.05) is 31.0 Å². The number of amides is 1. The van der Waals surface area contributed by atoms with Crippen LogP contribution in [0.15, 0.2) is 30.3 Å². The number of carbonyl (C=O) groups is 1. The average Bonchev–Trinajstić information content (AvgIpc) is 2.80. The molecule has 1 aliphatic rings. The van der Waals surface area contributed by atoms with Gasteiger partial charge in [0.1, 0.15) is 0 Å². The van der Waals surface area contributed by atoms with Crippen molar-refractivity contribution in [2.45, 2.75) is 32.2 Å². The summed E-state index contributed by atoms with van der Waals surface area (Å²) < 4.78 is 0. The van der Waals surface area contributed by atoms with Gasteiger partial charge in [-0.3, -0.25) is 4.79 Å². The van der Waals surface area contributed by atoms with Gasteiger partial charge in [0.05, 0.1) is 0 Å². The highest BCUT2D eigenvalue weighted by atomic mass is 16.2. The fourth-order valence-electron chi connectivity index (χ4n) is 2.55. The quantitative estimate of drug-likeness (QED) is 0.886. The summed E-state index contributed by atoms with van der Waals surface area (Å²) in [5.41, 5.74) is 7.43. The standard InChI is InChI=1S/C15H22N2O/c1-3-11(2)15(18)17-9-13(14(16)10-17)12-7-5-4-6-8-12/h4-8,11,13-14H,3,9-10,16H2,1-2H3/t11?,13-,14+/m0/s1. The van der Waals surface area contributed by atoms with Gasteiger partial charge in [0.25, 0.3) is 0 Å². The van der Waals surface area contributed by atoms with Gasteiger partial charge in [0.2, 0.25) is 5.91 Å². The summed E-state index contributed by atoms with van der Waals surface area (Å²) >= 11 is 0. The number of rotatable bonds is 3. The largest absolute Gasteiger partial charge is 0.340 e. The maximum atomic E-state index is 12.2. The number of benzene rings is 1. The number of likely N-dealkylation sites (tertiary alicyclic amines) is 1. The third-order valence-electron chi connectivity index (χ3n) is 3.94. The maximum absolute atomic E-state index is 12.2. The summed E-state index contributed by atoms with van der Waals surface area (Å²) in [5.74, 6) is 0.623. The topological polar surface area (TPSA) is 46.3 Å². The van der Waals surface area contributed by atoms with Crippen molar-refractivity contribution in [2.24, 2.45) is 11.7 Å². The molecule has 0 aliphatic carbocycles. The molecule has 18 heavy (non-hydrogen) atoms. The van der Waals surface area contributed by atoms with E-state index in [0.29, 0.717) is 6.54 Å². The van der Waals surface area contributed by atoms with Crippen LogP contribution in [0.2, 0.25) is 0 Å². The van der Waals surface area contributed by atoms with Crippen molar-refractivity contribution in [3.05, 3.63) is 35.9 Å². The molecule has 3 nitrogen and oxygen atoms in total. The van der Waals surface area contributed by atoms with Gasteiger partial charge in [0.15, 0.2) is 0 Å². The summed E-state index contributed by atoms with van der Waals surface area (Å²) in [5, 5.41) is 0. The first-order chi connectivity index (χ1) is 8.63. The van der Waals surface area contributed by atoms with Crippen molar-refractivity contribution in [1.29, 1.82) is 0 Å². The van der Waals surface area contributed by atoms with E-state index in [2.05, 4.69) is 12.1 Å². The first-order valence-corrected chi connectivity index (χ1v) is 6.72. The third-order valence-corrected chi connectivity index (χ3v) is 3.94. The van der Waals surface area contributed by atoms with Crippen LogP contribution in [-0.2, 0) is 4.79 Å². The predicted molar refractivity (Wildman–Crippen MR) is 73.2 cm³/mol. The number of nitrogens with two attached hydrogens (primary N) is 1. The van der Waals surface area contributed by atoms with E-state index >= 15 is 0 Å². The molecule has 1 unspecified atom stereocenters. The van der Waals surface area contributed by atoms with Crippen LogP contribution in [0.4, 0.5) is 0 Å². The normalized spacial score (nSPS) is 25.2. The van der Waals surface area contributed by atoms with Crippen molar-refractivity contribution < 1.29 is 4.79 Å². The zero-order valence-corrected chi connectivity index (χ0v) is 11.2. The van der Waals surface area contributed by atoms with E-state index in [1.54, 1.807) is 0 Å². The molecule has 0 saturated carbocycles. The first-order valence-electron chi connectivity index (χ1n) is 6.72. The van der Waals surface area contributed by atoms with Gasteiger partial charge in [-0.25, -0.2) is 0 Å². The SMILES string of the molecule is CCC(C)C(=O)N1C[C@@H](N)[C@H](c2ccccc2)C1. The number of hydrogen-bond acceptors (Lipinski definition) is 2. The van der Waals surface area contributed by atoms with E-state index in [9.17, 15) is 4.79 Å². The van der Waals surface area contributed by atoms with Crippen LogP contribution >= 0.6 is 0 Å². The molecule has 0 spiro atoms. The highest BCUT2D eigenvalue weighted by molar-refractivity contribution is 5.79. The van der Waals surface area contributed by atoms with Crippen LogP contribution in [0.25, 0.3) is 0 Å².